The van der Waals surface area contributed by atoms with E-state index in [9.17, 15) is 21.6 Å². The van der Waals surface area contributed by atoms with Crippen molar-refractivity contribution in [3.05, 3.63) is 41.0 Å². The summed E-state index contributed by atoms with van der Waals surface area (Å²) in [5.74, 6) is -0.497. The van der Waals surface area contributed by atoms with Crippen LogP contribution in [0, 0.1) is 6.92 Å². The maximum atomic E-state index is 12.8. The van der Waals surface area contributed by atoms with Crippen molar-refractivity contribution in [2.75, 3.05) is 18.9 Å². The van der Waals surface area contributed by atoms with Crippen molar-refractivity contribution in [3.8, 4) is 22.1 Å². The summed E-state index contributed by atoms with van der Waals surface area (Å²) < 4.78 is 80.7. The van der Waals surface area contributed by atoms with Crippen molar-refractivity contribution in [2.45, 2.75) is 18.0 Å². The number of alkyl halides is 3. The lowest BCUT2D eigenvalue weighted by atomic mass is 10.3. The van der Waals surface area contributed by atoms with Gasteiger partial charge in [-0.3, -0.25) is 4.72 Å². The predicted molar refractivity (Wildman–Crippen MR) is 99.9 cm³/mol. The predicted octanol–water partition coefficient (Wildman–Crippen LogP) is 4.55. The molecule has 3 rings (SSSR count). The van der Waals surface area contributed by atoms with E-state index in [0.717, 1.165) is 17.4 Å². The fourth-order valence-corrected chi connectivity index (χ4v) is 5.05. The Morgan fingerprint density at radius 3 is 2.21 bits per heavy atom. The van der Waals surface area contributed by atoms with E-state index in [2.05, 4.69) is 14.4 Å². The fourth-order valence-electron chi connectivity index (χ4n) is 2.46. The molecule has 156 valence electrons. The van der Waals surface area contributed by atoms with Crippen molar-refractivity contribution in [1.29, 1.82) is 0 Å². The van der Waals surface area contributed by atoms with Crippen LogP contribution in [0.1, 0.15) is 10.6 Å². The Kier molecular flexibility index (Phi) is 5.50. The first kappa shape index (κ1) is 21.0. The Bertz CT molecular complexity index is 1110. The number of ether oxygens (including phenoxy) is 2. The topological polar surface area (TPSA) is 90.7 Å². The van der Waals surface area contributed by atoms with Gasteiger partial charge < -0.3 is 14.0 Å². The van der Waals surface area contributed by atoms with Crippen LogP contribution < -0.4 is 14.2 Å². The maximum absolute atomic E-state index is 12.8. The van der Waals surface area contributed by atoms with Gasteiger partial charge in [0.2, 0.25) is 5.76 Å². The zero-order chi connectivity index (χ0) is 21.4. The third-order valence-electron chi connectivity index (χ3n) is 3.81. The molecule has 3 aromatic rings. The van der Waals surface area contributed by atoms with Gasteiger partial charge >= 0.3 is 6.18 Å². The first-order valence-corrected chi connectivity index (χ1v) is 10.2. The highest BCUT2D eigenvalue weighted by molar-refractivity contribution is 7.93. The van der Waals surface area contributed by atoms with Crippen LogP contribution in [0.25, 0.3) is 10.6 Å². The van der Waals surface area contributed by atoms with Gasteiger partial charge in [0.25, 0.3) is 10.0 Å². The normalized spacial score (nSPS) is 12.1. The van der Waals surface area contributed by atoms with Gasteiger partial charge in [0.15, 0.2) is 0 Å². The Morgan fingerprint density at radius 2 is 1.69 bits per heavy atom. The van der Waals surface area contributed by atoms with E-state index in [1.807, 2.05) is 0 Å². The van der Waals surface area contributed by atoms with Crippen molar-refractivity contribution < 1.29 is 35.6 Å². The second-order valence-electron chi connectivity index (χ2n) is 5.81. The molecule has 0 aliphatic carbocycles. The van der Waals surface area contributed by atoms with Crippen LogP contribution in [0.2, 0.25) is 0 Å². The number of nitrogens with zero attached hydrogens (tertiary/aromatic N) is 1. The third-order valence-corrected chi connectivity index (χ3v) is 6.52. The molecule has 1 N–H and O–H groups in total. The standard InChI is InChI=1S/C17H15F3N2O5S2/c1-9-15(8-14(28-9)13-7-16(27-21-13)17(18,19)20)29(23,24)22-10-4-11(25-2)6-12(5-10)26-3/h4-8,22H,1-3H3. The minimum atomic E-state index is -4.68. The molecule has 1 aromatic carbocycles. The highest BCUT2D eigenvalue weighted by Crippen LogP contribution is 2.37. The van der Waals surface area contributed by atoms with Crippen molar-refractivity contribution >= 4 is 27.0 Å². The SMILES string of the molecule is COc1cc(NS(=O)(=O)c2cc(-c3cc(C(F)(F)F)on3)sc2C)cc(OC)c1. The molecule has 0 saturated carbocycles. The van der Waals surface area contributed by atoms with E-state index in [1.54, 1.807) is 13.0 Å². The maximum Gasteiger partial charge on any atom is 0.452 e. The molecule has 0 atom stereocenters. The van der Waals surface area contributed by atoms with Crippen LogP contribution in [0.4, 0.5) is 18.9 Å². The summed E-state index contributed by atoms with van der Waals surface area (Å²) in [4.78, 5) is 0.514. The average Bonchev–Trinajstić information content (AvgIpc) is 3.27. The number of sulfonamides is 1. The van der Waals surface area contributed by atoms with Gasteiger partial charge in [-0.2, -0.15) is 13.2 Å². The molecule has 0 aliphatic heterocycles. The number of halogens is 3. The molecule has 29 heavy (non-hydrogen) atoms. The zero-order valence-corrected chi connectivity index (χ0v) is 17.0. The molecule has 0 fully saturated rings. The summed E-state index contributed by atoms with van der Waals surface area (Å²) >= 11 is 0.986. The van der Waals surface area contributed by atoms with Gasteiger partial charge in [0.05, 0.1) is 24.8 Å². The molecular formula is C17H15F3N2O5S2. The van der Waals surface area contributed by atoms with Crippen LogP contribution in [-0.2, 0) is 16.2 Å². The lowest BCUT2D eigenvalue weighted by Gasteiger charge is -2.11. The highest BCUT2D eigenvalue weighted by Gasteiger charge is 2.36. The van der Waals surface area contributed by atoms with Crippen molar-refractivity contribution in [3.63, 3.8) is 0 Å². The monoisotopic (exact) mass is 448 g/mol. The third kappa shape index (κ3) is 4.48. The summed E-state index contributed by atoms with van der Waals surface area (Å²) in [6.07, 6.45) is -4.68. The molecular weight excluding hydrogens is 433 g/mol. The second kappa shape index (κ2) is 7.59. The molecule has 7 nitrogen and oxygen atoms in total. The van der Waals surface area contributed by atoms with E-state index in [0.29, 0.717) is 16.4 Å². The minimum Gasteiger partial charge on any atom is -0.497 e. The lowest BCUT2D eigenvalue weighted by Crippen LogP contribution is -2.13. The van der Waals surface area contributed by atoms with Crippen LogP contribution in [-0.4, -0.2) is 27.8 Å². The Labute approximate surface area is 168 Å². The molecule has 2 heterocycles. The summed E-state index contributed by atoms with van der Waals surface area (Å²) in [6, 6.07) is 6.49. The quantitative estimate of drug-likeness (QED) is 0.595. The highest BCUT2D eigenvalue weighted by atomic mass is 32.2. The summed E-state index contributed by atoms with van der Waals surface area (Å²) in [7, 11) is -1.18. The number of rotatable bonds is 6. The van der Waals surface area contributed by atoms with E-state index in [-0.39, 0.29) is 21.2 Å². The smallest absolute Gasteiger partial charge is 0.452 e. The molecule has 12 heteroatoms. The van der Waals surface area contributed by atoms with Crippen LogP contribution >= 0.6 is 11.3 Å². The average molecular weight is 448 g/mol. The molecule has 0 radical (unpaired) electrons. The van der Waals surface area contributed by atoms with E-state index in [4.69, 9.17) is 9.47 Å². The molecule has 2 aromatic heterocycles. The van der Waals surface area contributed by atoms with E-state index >= 15 is 0 Å². The molecule has 0 unspecified atom stereocenters. The number of hydrogen-bond donors (Lipinski definition) is 1. The number of anilines is 1. The molecule has 0 amide bonds. The summed E-state index contributed by atoms with van der Waals surface area (Å²) in [6.45, 7) is 1.54. The van der Waals surface area contributed by atoms with E-state index in [1.165, 1.54) is 32.4 Å². The van der Waals surface area contributed by atoms with Crippen LogP contribution in [0.15, 0.2) is 39.8 Å². The van der Waals surface area contributed by atoms with Crippen molar-refractivity contribution in [1.82, 2.24) is 5.16 Å². The van der Waals surface area contributed by atoms with Gasteiger partial charge in [0, 0.05) is 29.1 Å². The van der Waals surface area contributed by atoms with Gasteiger partial charge in [0.1, 0.15) is 22.1 Å². The number of benzene rings is 1. The molecule has 0 spiro atoms. The Balaban J connectivity index is 1.93. The number of thiophene rings is 1. The van der Waals surface area contributed by atoms with Crippen LogP contribution in [0.5, 0.6) is 11.5 Å². The van der Waals surface area contributed by atoms with Crippen molar-refractivity contribution in [2.24, 2.45) is 0 Å². The van der Waals surface area contributed by atoms with Gasteiger partial charge in [-0.15, -0.1) is 11.3 Å². The first-order chi connectivity index (χ1) is 13.5. The number of nitrogens with one attached hydrogen (secondary N) is 1. The van der Waals surface area contributed by atoms with Gasteiger partial charge in [-0.1, -0.05) is 5.16 Å². The Morgan fingerprint density at radius 1 is 1.07 bits per heavy atom. The number of aromatic nitrogens is 1. The molecule has 0 aliphatic rings. The zero-order valence-electron chi connectivity index (χ0n) is 15.3. The number of aryl methyl sites for hydroxylation is 1. The Hall–Kier alpha value is -2.73. The fraction of sp³-hybridized carbons (Fsp3) is 0.235. The minimum absolute atomic E-state index is 0.0872. The number of hydrogen-bond acceptors (Lipinski definition) is 7. The lowest BCUT2D eigenvalue weighted by molar-refractivity contribution is -0.155. The first-order valence-electron chi connectivity index (χ1n) is 7.94. The second-order valence-corrected chi connectivity index (χ2v) is 8.72. The van der Waals surface area contributed by atoms with E-state index < -0.39 is 22.0 Å². The van der Waals surface area contributed by atoms with Crippen LogP contribution in [0.3, 0.4) is 0 Å². The van der Waals surface area contributed by atoms with Gasteiger partial charge in [-0.05, 0) is 13.0 Å². The number of methoxy groups -OCH3 is 2. The largest absolute Gasteiger partial charge is 0.497 e. The molecule has 0 saturated heterocycles. The van der Waals surface area contributed by atoms with Gasteiger partial charge in [-0.25, -0.2) is 8.42 Å². The molecule has 0 bridgehead atoms. The summed E-state index contributed by atoms with van der Waals surface area (Å²) in [5.41, 5.74) is 0.101. The summed E-state index contributed by atoms with van der Waals surface area (Å²) in [5, 5.41) is 3.39.